The summed E-state index contributed by atoms with van der Waals surface area (Å²) in [4.78, 5) is 14.2. The summed E-state index contributed by atoms with van der Waals surface area (Å²) in [6.07, 6.45) is 7.33. The molecule has 1 aliphatic carbocycles. The molecular weight excluding hydrogens is 282 g/mol. The molecule has 2 saturated heterocycles. The Morgan fingerprint density at radius 2 is 2.05 bits per heavy atom. The van der Waals surface area contributed by atoms with Crippen LogP contribution < -0.4 is 5.32 Å². The fraction of sp³-hybridized carbons (Fsp3) is 0.800. The number of rotatable bonds is 3. The van der Waals surface area contributed by atoms with Crippen molar-refractivity contribution < 1.29 is 9.53 Å². The van der Waals surface area contributed by atoms with E-state index >= 15 is 0 Å². The molecule has 7 heteroatoms. The number of amides is 2. The molecule has 7 nitrogen and oxygen atoms in total. The first kappa shape index (κ1) is 14.0. The Balaban J connectivity index is 1.31. The second-order valence-corrected chi connectivity index (χ2v) is 6.62. The number of hydrogen-bond donors (Lipinski definition) is 1. The molecule has 3 heterocycles. The molecule has 1 atom stereocenters. The molecule has 22 heavy (non-hydrogen) atoms. The van der Waals surface area contributed by atoms with E-state index in [-0.39, 0.29) is 18.1 Å². The van der Waals surface area contributed by atoms with Gasteiger partial charge in [-0.1, -0.05) is 5.21 Å². The Bertz CT molecular complexity index is 536. The van der Waals surface area contributed by atoms with Crippen LogP contribution in [0.5, 0.6) is 0 Å². The highest BCUT2D eigenvalue weighted by atomic mass is 16.5. The molecule has 2 aliphatic heterocycles. The van der Waals surface area contributed by atoms with Crippen LogP contribution in [0, 0.1) is 0 Å². The molecule has 1 N–H and O–H groups in total. The molecular formula is C15H23N5O2. The third kappa shape index (κ3) is 2.95. The van der Waals surface area contributed by atoms with Crippen LogP contribution in [0.2, 0.25) is 0 Å². The summed E-state index contributed by atoms with van der Waals surface area (Å²) >= 11 is 0. The van der Waals surface area contributed by atoms with Gasteiger partial charge in [0.25, 0.3) is 0 Å². The Morgan fingerprint density at radius 1 is 1.23 bits per heavy atom. The lowest BCUT2D eigenvalue weighted by Crippen LogP contribution is -2.45. The van der Waals surface area contributed by atoms with Crippen molar-refractivity contribution >= 4 is 6.03 Å². The maximum absolute atomic E-state index is 12.3. The number of hydrogen-bond acceptors (Lipinski definition) is 4. The van der Waals surface area contributed by atoms with E-state index in [1.54, 1.807) is 0 Å². The van der Waals surface area contributed by atoms with Crippen molar-refractivity contribution in [3.63, 3.8) is 0 Å². The predicted molar refractivity (Wildman–Crippen MR) is 79.6 cm³/mol. The fourth-order valence-corrected chi connectivity index (χ4v) is 3.29. The first-order chi connectivity index (χ1) is 10.8. The number of urea groups is 1. The van der Waals surface area contributed by atoms with E-state index in [9.17, 15) is 4.79 Å². The van der Waals surface area contributed by atoms with Crippen molar-refractivity contribution in [2.45, 2.75) is 50.1 Å². The molecule has 3 aliphatic rings. The van der Waals surface area contributed by atoms with Gasteiger partial charge in [0, 0.05) is 44.5 Å². The molecule has 3 fully saturated rings. The van der Waals surface area contributed by atoms with Crippen molar-refractivity contribution in [2.24, 2.45) is 0 Å². The van der Waals surface area contributed by atoms with Gasteiger partial charge in [-0.05, 0) is 32.1 Å². The van der Waals surface area contributed by atoms with Gasteiger partial charge in [-0.15, -0.1) is 5.10 Å². The minimum atomic E-state index is 0.0527. The zero-order chi connectivity index (χ0) is 14.9. The smallest absolute Gasteiger partial charge is 0.317 e. The molecule has 1 aromatic heterocycles. The average molecular weight is 305 g/mol. The highest BCUT2D eigenvalue weighted by Crippen LogP contribution is 2.39. The Hall–Kier alpha value is -1.63. The van der Waals surface area contributed by atoms with E-state index in [2.05, 4.69) is 21.8 Å². The lowest BCUT2D eigenvalue weighted by molar-refractivity contribution is 0.0784. The number of carbonyl (C=O) groups excluding carboxylic acids is 1. The lowest BCUT2D eigenvalue weighted by Gasteiger charge is -2.26. The van der Waals surface area contributed by atoms with Gasteiger partial charge < -0.3 is 15.0 Å². The zero-order valence-electron chi connectivity index (χ0n) is 12.8. The predicted octanol–water partition coefficient (Wildman–Crippen LogP) is 1.29. The monoisotopic (exact) mass is 305 g/mol. The number of nitrogens with zero attached hydrogens (tertiary/aromatic N) is 4. The Labute approximate surface area is 130 Å². The quantitative estimate of drug-likeness (QED) is 0.913. The van der Waals surface area contributed by atoms with Crippen LogP contribution in [0.25, 0.3) is 0 Å². The number of nitrogens with one attached hydrogen (secondary N) is 1. The summed E-state index contributed by atoms with van der Waals surface area (Å²) in [5.41, 5.74) is 1.12. The van der Waals surface area contributed by atoms with Gasteiger partial charge in [-0.25, -0.2) is 9.48 Å². The van der Waals surface area contributed by atoms with Gasteiger partial charge in [-0.3, -0.25) is 0 Å². The van der Waals surface area contributed by atoms with Crippen molar-refractivity contribution in [2.75, 3.05) is 26.3 Å². The van der Waals surface area contributed by atoms with Gasteiger partial charge in [0.05, 0.1) is 11.7 Å². The second-order valence-electron chi connectivity index (χ2n) is 6.62. The highest BCUT2D eigenvalue weighted by molar-refractivity contribution is 5.74. The van der Waals surface area contributed by atoms with Crippen LogP contribution in [-0.2, 0) is 4.74 Å². The number of likely N-dealkylation sites (tertiary alicyclic amines) is 1. The highest BCUT2D eigenvalue weighted by Gasteiger charge is 2.31. The number of aromatic nitrogens is 3. The lowest BCUT2D eigenvalue weighted by atomic mass is 10.1. The average Bonchev–Trinajstić information content (AvgIpc) is 3.08. The molecule has 0 bridgehead atoms. The maximum atomic E-state index is 12.3. The largest absolute Gasteiger partial charge is 0.381 e. The van der Waals surface area contributed by atoms with Gasteiger partial charge in [0.1, 0.15) is 0 Å². The van der Waals surface area contributed by atoms with Crippen LogP contribution in [0.3, 0.4) is 0 Å². The van der Waals surface area contributed by atoms with Gasteiger partial charge in [-0.2, -0.15) is 0 Å². The summed E-state index contributed by atoms with van der Waals surface area (Å²) in [5, 5.41) is 11.7. The van der Waals surface area contributed by atoms with Crippen LogP contribution >= 0.6 is 0 Å². The molecule has 0 spiro atoms. The third-order valence-corrected chi connectivity index (χ3v) is 4.90. The van der Waals surface area contributed by atoms with Crippen LogP contribution in [0.15, 0.2) is 6.20 Å². The van der Waals surface area contributed by atoms with Crippen molar-refractivity contribution in [3.8, 4) is 0 Å². The molecule has 1 unspecified atom stereocenters. The third-order valence-electron chi connectivity index (χ3n) is 4.90. The molecule has 0 aromatic carbocycles. The number of ether oxygens (including phenoxy) is 1. The maximum Gasteiger partial charge on any atom is 0.317 e. The Kier molecular flexibility index (Phi) is 3.73. The summed E-state index contributed by atoms with van der Waals surface area (Å²) in [6.45, 7) is 3.01. The van der Waals surface area contributed by atoms with E-state index in [1.165, 1.54) is 12.8 Å². The van der Waals surface area contributed by atoms with Gasteiger partial charge in [0.2, 0.25) is 0 Å². The van der Waals surface area contributed by atoms with Crippen molar-refractivity contribution in [1.82, 2.24) is 25.2 Å². The molecule has 120 valence electrons. The van der Waals surface area contributed by atoms with Gasteiger partial charge >= 0.3 is 6.03 Å². The molecule has 4 rings (SSSR count). The molecule has 0 radical (unpaired) electrons. The molecule has 1 aromatic rings. The zero-order valence-corrected chi connectivity index (χ0v) is 12.8. The summed E-state index contributed by atoms with van der Waals surface area (Å²) in [5.74, 6) is 0.628. The van der Waals surface area contributed by atoms with Crippen molar-refractivity contribution in [3.05, 3.63) is 11.9 Å². The topological polar surface area (TPSA) is 72.3 Å². The fourth-order valence-electron chi connectivity index (χ4n) is 3.29. The molecule has 2 amide bonds. The number of carbonyl (C=O) groups is 1. The normalized spacial score (nSPS) is 26.4. The first-order valence-corrected chi connectivity index (χ1v) is 8.34. The summed E-state index contributed by atoms with van der Waals surface area (Å²) in [7, 11) is 0. The van der Waals surface area contributed by atoms with E-state index in [4.69, 9.17) is 4.74 Å². The van der Waals surface area contributed by atoms with E-state index in [1.807, 2.05) is 9.58 Å². The summed E-state index contributed by atoms with van der Waals surface area (Å²) in [6, 6.07) is 0.575. The molecule has 1 saturated carbocycles. The van der Waals surface area contributed by atoms with E-state index in [0.717, 1.165) is 51.3 Å². The van der Waals surface area contributed by atoms with E-state index in [0.29, 0.717) is 5.92 Å². The first-order valence-electron chi connectivity index (χ1n) is 8.34. The standard InChI is InChI=1S/C15H23N5O2/c21-15(16-12-4-7-22-8-5-12)19-6-3-13(9-19)20-10-14(17-18-20)11-1-2-11/h10-13H,1-9H2,(H,16,21). The van der Waals surface area contributed by atoms with Gasteiger partial charge in [0.15, 0.2) is 0 Å². The van der Waals surface area contributed by atoms with Crippen LogP contribution in [0.4, 0.5) is 4.79 Å². The van der Waals surface area contributed by atoms with Crippen molar-refractivity contribution in [1.29, 1.82) is 0 Å². The minimum absolute atomic E-state index is 0.0527. The second kappa shape index (κ2) is 5.87. The van der Waals surface area contributed by atoms with Crippen LogP contribution in [-0.4, -0.2) is 58.3 Å². The van der Waals surface area contributed by atoms with Crippen LogP contribution in [0.1, 0.15) is 49.8 Å². The Morgan fingerprint density at radius 3 is 2.82 bits per heavy atom. The van der Waals surface area contributed by atoms with E-state index < -0.39 is 0 Å². The minimum Gasteiger partial charge on any atom is -0.381 e. The summed E-state index contributed by atoms with van der Waals surface area (Å²) < 4.78 is 7.28. The SMILES string of the molecule is O=C(NC1CCOCC1)N1CCC(n2cc(C3CC3)nn2)C1.